The fourth-order valence-electron chi connectivity index (χ4n) is 2.16. The first-order valence-corrected chi connectivity index (χ1v) is 6.46. The predicted molar refractivity (Wildman–Crippen MR) is 72.4 cm³/mol. The van der Waals surface area contributed by atoms with Crippen LogP contribution in [0.3, 0.4) is 0 Å². The molecule has 21 heavy (non-hydrogen) atoms. The second kappa shape index (κ2) is 5.90. The summed E-state index contributed by atoms with van der Waals surface area (Å²) in [5.74, 6) is -3.06. The van der Waals surface area contributed by atoms with Crippen LogP contribution < -0.4 is 5.32 Å². The van der Waals surface area contributed by atoms with Gasteiger partial charge in [0.2, 0.25) is 11.8 Å². The van der Waals surface area contributed by atoms with E-state index in [0.29, 0.717) is 13.0 Å². The molecule has 112 valence electrons. The van der Waals surface area contributed by atoms with Crippen LogP contribution in [0.25, 0.3) is 0 Å². The first kappa shape index (κ1) is 15.0. The van der Waals surface area contributed by atoms with E-state index in [1.807, 2.05) is 0 Å². The molecule has 0 saturated carbocycles. The number of nitrogens with one attached hydrogen (secondary N) is 1. The van der Waals surface area contributed by atoms with Crippen molar-refractivity contribution in [1.29, 1.82) is 0 Å². The summed E-state index contributed by atoms with van der Waals surface area (Å²) in [5.41, 5.74) is -0.308. The molecule has 1 heterocycles. The first-order chi connectivity index (χ1) is 9.88. The zero-order valence-corrected chi connectivity index (χ0v) is 11.4. The molecule has 0 radical (unpaired) electrons. The van der Waals surface area contributed by atoms with Gasteiger partial charge in [-0.25, -0.2) is 9.18 Å². The van der Waals surface area contributed by atoms with Crippen molar-refractivity contribution in [3.63, 3.8) is 0 Å². The molecule has 0 aromatic heterocycles. The van der Waals surface area contributed by atoms with Crippen molar-refractivity contribution in [3.05, 3.63) is 29.6 Å². The maximum absolute atomic E-state index is 13.6. The Balaban J connectivity index is 2.11. The monoisotopic (exact) mass is 294 g/mol. The Hall–Kier alpha value is -2.44. The predicted octanol–water partition coefficient (Wildman–Crippen LogP) is 1.33. The Morgan fingerprint density at radius 1 is 1.43 bits per heavy atom. The van der Waals surface area contributed by atoms with Crippen molar-refractivity contribution in [2.24, 2.45) is 5.92 Å². The molecule has 1 aromatic rings. The van der Waals surface area contributed by atoms with E-state index in [0.717, 1.165) is 18.2 Å². The van der Waals surface area contributed by atoms with Crippen LogP contribution in [0.4, 0.5) is 10.1 Å². The van der Waals surface area contributed by atoms with E-state index >= 15 is 0 Å². The third-order valence-electron chi connectivity index (χ3n) is 3.50. The van der Waals surface area contributed by atoms with Crippen LogP contribution in [0.1, 0.15) is 23.2 Å². The van der Waals surface area contributed by atoms with Gasteiger partial charge in [-0.3, -0.25) is 9.59 Å². The minimum Gasteiger partial charge on any atom is -0.478 e. The Morgan fingerprint density at radius 2 is 2.14 bits per heavy atom. The van der Waals surface area contributed by atoms with Gasteiger partial charge in [-0.15, -0.1) is 0 Å². The summed E-state index contributed by atoms with van der Waals surface area (Å²) in [6, 6.07) is 3.16. The highest BCUT2D eigenvalue weighted by molar-refractivity contribution is 5.97. The van der Waals surface area contributed by atoms with Crippen molar-refractivity contribution in [2.75, 3.05) is 18.9 Å². The van der Waals surface area contributed by atoms with Crippen molar-refractivity contribution >= 4 is 23.5 Å². The SMILES string of the molecule is CN1CCC(C(=O)Nc2cc(C(=O)O)ccc2F)CC1=O. The number of piperidine rings is 1. The number of carbonyl (C=O) groups excluding carboxylic acids is 2. The number of hydrogen-bond acceptors (Lipinski definition) is 3. The quantitative estimate of drug-likeness (QED) is 0.880. The minimum absolute atomic E-state index is 0.0720. The van der Waals surface area contributed by atoms with Gasteiger partial charge in [0.15, 0.2) is 0 Å². The summed E-state index contributed by atoms with van der Waals surface area (Å²) in [7, 11) is 1.66. The summed E-state index contributed by atoms with van der Waals surface area (Å²) in [6.07, 6.45) is 0.566. The van der Waals surface area contributed by atoms with Crippen molar-refractivity contribution in [3.8, 4) is 0 Å². The molecule has 0 bridgehead atoms. The molecule has 1 fully saturated rings. The number of carboxylic acids is 1. The number of anilines is 1. The number of nitrogens with zero attached hydrogens (tertiary/aromatic N) is 1. The van der Waals surface area contributed by atoms with Crippen LogP contribution in [0.2, 0.25) is 0 Å². The van der Waals surface area contributed by atoms with Gasteiger partial charge >= 0.3 is 5.97 Å². The maximum atomic E-state index is 13.6. The smallest absolute Gasteiger partial charge is 0.335 e. The van der Waals surface area contributed by atoms with Gasteiger partial charge in [0, 0.05) is 25.9 Å². The summed E-state index contributed by atoms with van der Waals surface area (Å²) >= 11 is 0. The van der Waals surface area contributed by atoms with E-state index < -0.39 is 23.6 Å². The first-order valence-electron chi connectivity index (χ1n) is 6.46. The fraction of sp³-hybridized carbons (Fsp3) is 0.357. The third-order valence-corrected chi connectivity index (χ3v) is 3.50. The normalized spacial score (nSPS) is 18.5. The highest BCUT2D eigenvalue weighted by atomic mass is 19.1. The number of amides is 2. The van der Waals surface area contributed by atoms with Crippen LogP contribution in [0.5, 0.6) is 0 Å². The van der Waals surface area contributed by atoms with Crippen molar-refractivity contribution < 1.29 is 23.9 Å². The lowest BCUT2D eigenvalue weighted by Crippen LogP contribution is -2.40. The average molecular weight is 294 g/mol. The van der Waals surface area contributed by atoms with E-state index in [9.17, 15) is 18.8 Å². The van der Waals surface area contributed by atoms with Crippen LogP contribution >= 0.6 is 0 Å². The molecule has 7 heteroatoms. The molecular weight excluding hydrogens is 279 g/mol. The molecule has 2 N–H and O–H groups in total. The molecule has 6 nitrogen and oxygen atoms in total. The van der Waals surface area contributed by atoms with Crippen LogP contribution in [0, 0.1) is 11.7 Å². The summed E-state index contributed by atoms with van der Waals surface area (Å²) in [6.45, 7) is 0.467. The second-order valence-corrected chi connectivity index (χ2v) is 4.99. The molecular formula is C14H15FN2O4. The second-order valence-electron chi connectivity index (χ2n) is 4.99. The molecule has 1 aliphatic rings. The Morgan fingerprint density at radius 3 is 2.76 bits per heavy atom. The lowest BCUT2D eigenvalue weighted by atomic mass is 9.95. The summed E-state index contributed by atoms with van der Waals surface area (Å²) in [5, 5.41) is 11.2. The number of benzene rings is 1. The highest BCUT2D eigenvalue weighted by Crippen LogP contribution is 2.22. The number of carboxylic acid groups (broad SMARTS) is 1. The molecule has 2 amide bonds. The van der Waals surface area contributed by atoms with E-state index in [1.165, 1.54) is 4.90 Å². The van der Waals surface area contributed by atoms with Crippen molar-refractivity contribution in [1.82, 2.24) is 4.90 Å². The number of rotatable bonds is 3. The Kier molecular flexibility index (Phi) is 4.21. The number of aromatic carboxylic acids is 1. The molecule has 1 aliphatic heterocycles. The summed E-state index contributed by atoms with van der Waals surface area (Å²) in [4.78, 5) is 36.0. The zero-order chi connectivity index (χ0) is 15.6. The van der Waals surface area contributed by atoms with Crippen LogP contribution in [0.15, 0.2) is 18.2 Å². The molecule has 1 aromatic carbocycles. The molecule has 2 rings (SSSR count). The lowest BCUT2D eigenvalue weighted by molar-refractivity contribution is -0.137. The number of likely N-dealkylation sites (tertiary alicyclic amines) is 1. The van der Waals surface area contributed by atoms with E-state index in [1.54, 1.807) is 7.05 Å². The standard InChI is InChI=1S/C14H15FN2O4/c1-17-5-4-8(7-12(17)18)13(19)16-11-6-9(14(20)21)2-3-10(11)15/h2-3,6,8H,4-5,7H2,1H3,(H,16,19)(H,20,21). The third kappa shape index (κ3) is 3.36. The maximum Gasteiger partial charge on any atom is 0.335 e. The summed E-state index contributed by atoms with van der Waals surface area (Å²) < 4.78 is 13.6. The minimum atomic E-state index is -1.21. The van der Waals surface area contributed by atoms with Gasteiger partial charge in [-0.1, -0.05) is 0 Å². The Bertz CT molecular complexity index is 603. The number of halogens is 1. The van der Waals surface area contributed by atoms with Crippen molar-refractivity contribution in [2.45, 2.75) is 12.8 Å². The largest absolute Gasteiger partial charge is 0.478 e. The molecule has 1 unspecified atom stereocenters. The number of carbonyl (C=O) groups is 3. The van der Waals surface area contributed by atoms with Gasteiger partial charge in [0.25, 0.3) is 0 Å². The molecule has 1 atom stereocenters. The van der Waals surface area contributed by atoms with E-state index in [4.69, 9.17) is 5.11 Å². The topological polar surface area (TPSA) is 86.7 Å². The number of hydrogen-bond donors (Lipinski definition) is 2. The van der Waals surface area contributed by atoms with Gasteiger partial charge in [-0.05, 0) is 24.6 Å². The fourth-order valence-corrected chi connectivity index (χ4v) is 2.16. The van der Waals surface area contributed by atoms with Gasteiger partial charge in [0.05, 0.1) is 11.3 Å². The molecule has 1 saturated heterocycles. The zero-order valence-electron chi connectivity index (χ0n) is 11.4. The van der Waals surface area contributed by atoms with Crippen LogP contribution in [-0.2, 0) is 9.59 Å². The van der Waals surface area contributed by atoms with Crippen LogP contribution in [-0.4, -0.2) is 41.4 Å². The van der Waals surface area contributed by atoms with E-state index in [2.05, 4.69) is 5.32 Å². The lowest BCUT2D eigenvalue weighted by Gasteiger charge is -2.27. The van der Waals surface area contributed by atoms with Gasteiger partial charge in [0.1, 0.15) is 5.82 Å². The Labute approximate surface area is 120 Å². The van der Waals surface area contributed by atoms with Gasteiger partial charge in [-0.2, -0.15) is 0 Å². The molecule has 0 spiro atoms. The molecule has 0 aliphatic carbocycles. The van der Waals surface area contributed by atoms with Gasteiger partial charge < -0.3 is 15.3 Å². The average Bonchev–Trinajstić information content (AvgIpc) is 2.43. The van der Waals surface area contributed by atoms with E-state index in [-0.39, 0.29) is 23.6 Å². The highest BCUT2D eigenvalue weighted by Gasteiger charge is 2.29.